The smallest absolute Gasteiger partial charge is 0.432 e. The Balaban J connectivity index is 1.56. The van der Waals surface area contributed by atoms with E-state index < -0.39 is 81.4 Å². The third-order valence-electron chi connectivity index (χ3n) is 6.11. The van der Waals surface area contributed by atoms with Crippen LogP contribution in [0, 0.1) is 40.9 Å². The van der Waals surface area contributed by atoms with Crippen LogP contribution < -0.4 is 9.47 Å². The third-order valence-corrected chi connectivity index (χ3v) is 6.11. The molecule has 12 heteroatoms. The van der Waals surface area contributed by atoms with Crippen molar-refractivity contribution in [1.29, 1.82) is 0 Å². The summed E-state index contributed by atoms with van der Waals surface area (Å²) in [7, 11) is 0. The highest BCUT2D eigenvalue weighted by Gasteiger charge is 2.41. The lowest BCUT2D eigenvalue weighted by Gasteiger charge is -2.21. The second-order valence-corrected chi connectivity index (χ2v) is 9.29. The number of alkyl halides is 4. The van der Waals surface area contributed by atoms with Gasteiger partial charge in [-0.3, -0.25) is 0 Å². The van der Waals surface area contributed by atoms with Gasteiger partial charge in [0.25, 0.3) is 0 Å². The van der Waals surface area contributed by atoms with Crippen molar-refractivity contribution in [3.8, 4) is 23.3 Å². The fourth-order valence-corrected chi connectivity index (χ4v) is 4.01. The van der Waals surface area contributed by atoms with E-state index in [9.17, 15) is 43.9 Å². The van der Waals surface area contributed by atoms with E-state index in [0.29, 0.717) is 30.9 Å². The minimum atomic E-state index is -4.82. The van der Waals surface area contributed by atoms with E-state index in [1.165, 1.54) is 12.1 Å². The van der Waals surface area contributed by atoms with Crippen molar-refractivity contribution in [1.82, 2.24) is 0 Å². The van der Waals surface area contributed by atoms with Gasteiger partial charge in [-0.15, -0.1) is 0 Å². The zero-order chi connectivity index (χ0) is 31.5. The number of hydrogen-bond donors (Lipinski definition) is 0. The summed E-state index contributed by atoms with van der Waals surface area (Å²) in [6.45, 7) is 2.32. The van der Waals surface area contributed by atoms with Crippen LogP contribution in [0.4, 0.5) is 43.9 Å². The van der Waals surface area contributed by atoms with E-state index >= 15 is 0 Å². The minimum Gasteiger partial charge on any atom is -0.493 e. The second-order valence-electron chi connectivity index (χ2n) is 9.29. The molecule has 226 valence electrons. The van der Waals surface area contributed by atoms with Gasteiger partial charge in [0.15, 0.2) is 12.3 Å². The molecule has 0 saturated carbocycles. The van der Waals surface area contributed by atoms with Crippen LogP contribution in [0.3, 0.4) is 0 Å². The van der Waals surface area contributed by atoms with Crippen LogP contribution in [0.2, 0.25) is 0 Å². The van der Waals surface area contributed by atoms with Crippen LogP contribution in [0.15, 0.2) is 60.4 Å². The normalized spacial score (nSPS) is 16.6. The van der Waals surface area contributed by atoms with Crippen molar-refractivity contribution in [2.24, 2.45) is 0 Å². The van der Waals surface area contributed by atoms with Gasteiger partial charge in [-0.25, -0.2) is 35.1 Å². The average molecular weight is 614 g/mol. The zero-order valence-electron chi connectivity index (χ0n) is 22.1. The highest BCUT2D eigenvalue weighted by atomic mass is 19.3. The van der Waals surface area contributed by atoms with E-state index in [0.717, 1.165) is 18.9 Å². The fourth-order valence-electron chi connectivity index (χ4n) is 4.01. The molecule has 0 bridgehead atoms. The minimum absolute atomic E-state index is 0.164. The van der Waals surface area contributed by atoms with Gasteiger partial charge in [0.1, 0.15) is 52.0 Å². The SMILES string of the molecule is CCCCOc1ccc(C#Cc2cc(F)c(C(F)(F)Oc3cc(F)c(C4=CC(F)C(F)C(F)=C4)c(F)c3)c(F)c2)c(F)c1. The Bertz CT molecular complexity index is 1610. The highest BCUT2D eigenvalue weighted by molar-refractivity contribution is 5.77. The molecule has 2 nitrogen and oxygen atoms in total. The van der Waals surface area contributed by atoms with Gasteiger partial charge in [0.05, 0.1) is 17.7 Å². The Morgan fingerprint density at radius 2 is 1.42 bits per heavy atom. The van der Waals surface area contributed by atoms with Crippen molar-refractivity contribution in [3.63, 3.8) is 0 Å². The number of hydrogen-bond acceptors (Lipinski definition) is 2. The summed E-state index contributed by atoms with van der Waals surface area (Å²) in [5.41, 5.74) is -4.34. The molecule has 0 spiro atoms. The quantitative estimate of drug-likeness (QED) is 0.143. The lowest BCUT2D eigenvalue weighted by molar-refractivity contribution is -0.189. The molecular formula is C31H20F10O2. The van der Waals surface area contributed by atoms with Crippen molar-refractivity contribution in [3.05, 3.63) is 112 Å². The van der Waals surface area contributed by atoms with E-state index in [4.69, 9.17) is 4.74 Å². The van der Waals surface area contributed by atoms with Crippen LogP contribution in [0.5, 0.6) is 11.5 Å². The second kappa shape index (κ2) is 12.9. The lowest BCUT2D eigenvalue weighted by Crippen LogP contribution is -2.25. The van der Waals surface area contributed by atoms with E-state index in [2.05, 4.69) is 16.6 Å². The molecule has 0 aliphatic heterocycles. The highest BCUT2D eigenvalue weighted by Crippen LogP contribution is 2.38. The summed E-state index contributed by atoms with van der Waals surface area (Å²) >= 11 is 0. The van der Waals surface area contributed by atoms with Crippen LogP contribution in [0.1, 0.15) is 42.0 Å². The van der Waals surface area contributed by atoms with Gasteiger partial charge in [0.2, 0.25) is 0 Å². The number of allylic oxidation sites excluding steroid dienone is 4. The summed E-state index contributed by atoms with van der Waals surface area (Å²) in [5.74, 6) is -5.77. The average Bonchev–Trinajstić information content (AvgIpc) is 2.90. The molecule has 0 amide bonds. The Kier molecular flexibility index (Phi) is 9.43. The van der Waals surface area contributed by atoms with Crippen molar-refractivity contribution in [2.45, 2.75) is 38.2 Å². The summed E-state index contributed by atoms with van der Waals surface area (Å²) in [5, 5.41) is 0. The monoisotopic (exact) mass is 614 g/mol. The molecule has 0 N–H and O–H groups in total. The summed E-state index contributed by atoms with van der Waals surface area (Å²) in [4.78, 5) is 0. The summed E-state index contributed by atoms with van der Waals surface area (Å²) < 4.78 is 153. The fraction of sp³-hybridized carbons (Fsp3) is 0.226. The third kappa shape index (κ3) is 7.16. The Labute approximate surface area is 239 Å². The van der Waals surface area contributed by atoms with Crippen molar-refractivity contribution < 1.29 is 53.4 Å². The Morgan fingerprint density at radius 1 is 0.791 bits per heavy atom. The number of benzene rings is 3. The largest absolute Gasteiger partial charge is 0.493 e. The molecule has 3 aromatic rings. The molecule has 1 aliphatic carbocycles. The van der Waals surface area contributed by atoms with Crippen LogP contribution >= 0.6 is 0 Å². The molecule has 0 aromatic heterocycles. The van der Waals surface area contributed by atoms with Gasteiger partial charge in [-0.1, -0.05) is 25.2 Å². The number of unbranched alkanes of at least 4 members (excludes halogenated alkanes) is 1. The number of rotatable bonds is 8. The van der Waals surface area contributed by atoms with Crippen molar-refractivity contribution in [2.75, 3.05) is 6.61 Å². The number of halogens is 10. The van der Waals surface area contributed by atoms with Crippen LogP contribution in [-0.4, -0.2) is 19.0 Å². The summed E-state index contributed by atoms with van der Waals surface area (Å²) in [6.07, 6.45) is -7.71. The van der Waals surface area contributed by atoms with E-state index in [1.54, 1.807) is 0 Å². The first-order valence-corrected chi connectivity index (χ1v) is 12.7. The van der Waals surface area contributed by atoms with Crippen LogP contribution in [-0.2, 0) is 6.11 Å². The van der Waals surface area contributed by atoms with Gasteiger partial charge in [-0.2, -0.15) is 8.78 Å². The standard InChI is InChI=1S/C31H20F10O2/c1-2-3-8-42-19-7-6-17(21(32)13-19)5-4-16-9-24(35)29(25(36)10-16)31(40,41)43-20-14-22(33)28(23(34)15-20)18-11-26(37)30(39)27(38)12-18/h6-7,9-15,26,30H,2-3,8H2,1H3. The summed E-state index contributed by atoms with van der Waals surface area (Å²) in [6, 6.07) is 5.00. The Hall–Kier alpha value is -4.40. The molecule has 0 radical (unpaired) electrons. The first-order valence-electron chi connectivity index (χ1n) is 12.7. The molecule has 0 heterocycles. The van der Waals surface area contributed by atoms with Gasteiger partial charge in [0, 0.05) is 23.8 Å². The van der Waals surface area contributed by atoms with Crippen molar-refractivity contribution >= 4 is 5.57 Å². The maximum Gasteiger partial charge on any atom is 0.432 e. The molecule has 43 heavy (non-hydrogen) atoms. The maximum atomic E-state index is 14.8. The maximum absolute atomic E-state index is 14.8. The van der Waals surface area contributed by atoms with Gasteiger partial charge >= 0.3 is 6.11 Å². The molecule has 2 unspecified atom stereocenters. The number of ether oxygens (including phenoxy) is 2. The predicted octanol–water partition coefficient (Wildman–Crippen LogP) is 9.02. The molecule has 2 atom stereocenters. The molecule has 0 saturated heterocycles. The molecule has 0 fully saturated rings. The van der Waals surface area contributed by atoms with E-state index in [-0.39, 0.29) is 23.4 Å². The molecule has 3 aromatic carbocycles. The van der Waals surface area contributed by atoms with Gasteiger partial charge in [-0.05, 0) is 48.4 Å². The first-order chi connectivity index (χ1) is 20.3. The van der Waals surface area contributed by atoms with Gasteiger partial charge < -0.3 is 9.47 Å². The Morgan fingerprint density at radius 3 is 2.00 bits per heavy atom. The molecular weight excluding hydrogens is 594 g/mol. The van der Waals surface area contributed by atoms with Crippen LogP contribution in [0.25, 0.3) is 5.57 Å². The molecule has 1 aliphatic rings. The molecule has 4 rings (SSSR count). The topological polar surface area (TPSA) is 18.5 Å². The zero-order valence-corrected chi connectivity index (χ0v) is 22.1. The lowest BCUT2D eigenvalue weighted by atomic mass is 9.96. The van der Waals surface area contributed by atoms with E-state index in [1.807, 2.05) is 6.92 Å². The predicted molar refractivity (Wildman–Crippen MR) is 137 cm³/mol. The first kappa shape index (κ1) is 31.5.